The maximum atomic E-state index is 12.6. The van der Waals surface area contributed by atoms with Crippen LogP contribution in [0.3, 0.4) is 0 Å². The first-order valence-corrected chi connectivity index (χ1v) is 9.84. The van der Waals surface area contributed by atoms with Crippen LogP contribution in [0.4, 0.5) is 5.82 Å². The highest BCUT2D eigenvalue weighted by Crippen LogP contribution is 2.23. The number of carbonyl (C=O) groups is 1. The van der Waals surface area contributed by atoms with E-state index in [9.17, 15) is 4.79 Å². The summed E-state index contributed by atoms with van der Waals surface area (Å²) in [5.74, 6) is 0.822. The van der Waals surface area contributed by atoms with E-state index in [2.05, 4.69) is 15.4 Å². The number of carbonyl (C=O) groups excluding carboxylic acids is 1. The number of nitrogens with one attached hydrogen (secondary N) is 1. The summed E-state index contributed by atoms with van der Waals surface area (Å²) in [4.78, 5) is 18.8. The van der Waals surface area contributed by atoms with Crippen molar-refractivity contribution < 1.29 is 4.79 Å². The molecule has 6 nitrogen and oxygen atoms in total. The molecule has 3 rings (SSSR count). The minimum Gasteiger partial charge on any atom is -0.363 e. The van der Waals surface area contributed by atoms with E-state index in [0.29, 0.717) is 11.6 Å². The van der Waals surface area contributed by atoms with Crippen LogP contribution in [-0.4, -0.2) is 34.8 Å². The lowest BCUT2D eigenvalue weighted by Gasteiger charge is -2.12. The Morgan fingerprint density at radius 1 is 1.17 bits per heavy atom. The summed E-state index contributed by atoms with van der Waals surface area (Å²) < 4.78 is 1.84. The smallest absolute Gasteiger partial charge is 0.224 e. The van der Waals surface area contributed by atoms with Gasteiger partial charge in [0.05, 0.1) is 17.8 Å². The largest absolute Gasteiger partial charge is 0.363 e. The molecule has 0 saturated heterocycles. The topological polar surface area (TPSA) is 63.1 Å². The highest BCUT2D eigenvalue weighted by molar-refractivity contribution is 6.31. The predicted octanol–water partition coefficient (Wildman–Crippen LogP) is 3.77. The van der Waals surface area contributed by atoms with Gasteiger partial charge in [-0.1, -0.05) is 17.7 Å². The Hall–Kier alpha value is -2.86. The van der Waals surface area contributed by atoms with E-state index in [1.54, 1.807) is 6.20 Å². The number of rotatable bonds is 6. The molecule has 0 radical (unpaired) electrons. The molecular formula is C22H26ClN5O. The van der Waals surface area contributed by atoms with Crippen LogP contribution in [0.2, 0.25) is 5.02 Å². The number of aromatic nitrogens is 3. The molecule has 0 bridgehead atoms. The Kier molecular flexibility index (Phi) is 6.23. The van der Waals surface area contributed by atoms with Crippen molar-refractivity contribution in [3.05, 3.63) is 69.6 Å². The van der Waals surface area contributed by atoms with Gasteiger partial charge in [0, 0.05) is 43.1 Å². The number of hydrogen-bond acceptors (Lipinski definition) is 4. The van der Waals surface area contributed by atoms with E-state index in [1.165, 1.54) is 0 Å². The summed E-state index contributed by atoms with van der Waals surface area (Å²) in [7, 11) is 3.88. The molecule has 7 heteroatoms. The van der Waals surface area contributed by atoms with E-state index in [4.69, 9.17) is 11.6 Å². The molecule has 29 heavy (non-hydrogen) atoms. The van der Waals surface area contributed by atoms with Crippen molar-refractivity contribution in [2.75, 3.05) is 19.0 Å². The zero-order valence-electron chi connectivity index (χ0n) is 17.5. The summed E-state index contributed by atoms with van der Waals surface area (Å²) in [6.45, 7) is 6.33. The molecule has 2 aromatic heterocycles. The van der Waals surface area contributed by atoms with Crippen LogP contribution in [-0.2, 0) is 17.8 Å². The van der Waals surface area contributed by atoms with E-state index >= 15 is 0 Å². The first-order chi connectivity index (χ1) is 13.8. The Balaban J connectivity index is 1.71. The van der Waals surface area contributed by atoms with Gasteiger partial charge < -0.3 is 10.2 Å². The molecule has 0 aliphatic carbocycles. The van der Waals surface area contributed by atoms with E-state index in [0.717, 1.165) is 39.6 Å². The third-order valence-corrected chi connectivity index (χ3v) is 5.34. The number of nitrogens with zero attached hydrogens (tertiary/aromatic N) is 4. The number of anilines is 1. The average Bonchev–Trinajstić information content (AvgIpc) is 2.97. The third kappa shape index (κ3) is 4.77. The lowest BCUT2D eigenvalue weighted by molar-refractivity contribution is -0.120. The van der Waals surface area contributed by atoms with Crippen LogP contribution in [0.5, 0.6) is 0 Å². The van der Waals surface area contributed by atoms with Gasteiger partial charge in [-0.3, -0.25) is 4.79 Å². The summed E-state index contributed by atoms with van der Waals surface area (Å²) >= 11 is 6.26. The molecule has 1 aromatic carbocycles. The second-order valence-electron chi connectivity index (χ2n) is 7.36. The summed E-state index contributed by atoms with van der Waals surface area (Å²) in [6.07, 6.45) is 2.03. The molecule has 0 unspecified atom stereocenters. The number of aryl methyl sites for hydroxylation is 2. The van der Waals surface area contributed by atoms with E-state index in [1.807, 2.05) is 74.8 Å². The van der Waals surface area contributed by atoms with Crippen LogP contribution in [0.15, 0.2) is 36.5 Å². The normalized spacial score (nSPS) is 10.8. The second-order valence-corrected chi connectivity index (χ2v) is 7.77. The van der Waals surface area contributed by atoms with Crippen molar-refractivity contribution >= 4 is 23.3 Å². The van der Waals surface area contributed by atoms with E-state index < -0.39 is 0 Å². The molecule has 0 fully saturated rings. The zero-order chi connectivity index (χ0) is 21.1. The molecule has 1 N–H and O–H groups in total. The van der Waals surface area contributed by atoms with Crippen LogP contribution in [0.25, 0.3) is 5.69 Å². The highest BCUT2D eigenvalue weighted by atomic mass is 35.5. The third-order valence-electron chi connectivity index (χ3n) is 4.94. The quantitative estimate of drug-likeness (QED) is 0.670. The van der Waals surface area contributed by atoms with Crippen LogP contribution < -0.4 is 10.2 Å². The summed E-state index contributed by atoms with van der Waals surface area (Å²) in [5.41, 5.74) is 5.63. The Labute approximate surface area is 176 Å². The van der Waals surface area contributed by atoms with Crippen molar-refractivity contribution in [1.29, 1.82) is 0 Å². The molecule has 0 aliphatic heterocycles. The molecular weight excluding hydrogens is 386 g/mol. The van der Waals surface area contributed by atoms with Crippen LogP contribution in [0, 0.1) is 20.8 Å². The fraction of sp³-hybridized carbons (Fsp3) is 0.318. The lowest BCUT2D eigenvalue weighted by Crippen LogP contribution is -2.25. The molecule has 0 saturated carbocycles. The minimum absolute atomic E-state index is 0.0408. The number of hydrogen-bond donors (Lipinski definition) is 1. The molecule has 2 heterocycles. The number of pyridine rings is 1. The van der Waals surface area contributed by atoms with Gasteiger partial charge in [0.1, 0.15) is 5.82 Å². The summed E-state index contributed by atoms with van der Waals surface area (Å²) in [5, 5.41) is 8.31. The van der Waals surface area contributed by atoms with Crippen molar-refractivity contribution in [2.24, 2.45) is 0 Å². The maximum Gasteiger partial charge on any atom is 0.224 e. The fourth-order valence-electron chi connectivity index (χ4n) is 3.13. The van der Waals surface area contributed by atoms with Gasteiger partial charge in [-0.15, -0.1) is 0 Å². The van der Waals surface area contributed by atoms with Gasteiger partial charge in [0.25, 0.3) is 0 Å². The first kappa shape index (κ1) is 20.9. The Bertz CT molecular complexity index is 1040. The average molecular weight is 412 g/mol. The molecule has 0 aliphatic rings. The second kappa shape index (κ2) is 8.66. The Morgan fingerprint density at radius 2 is 1.93 bits per heavy atom. The number of benzene rings is 1. The monoisotopic (exact) mass is 411 g/mol. The lowest BCUT2D eigenvalue weighted by atomic mass is 10.1. The highest BCUT2D eigenvalue weighted by Gasteiger charge is 2.16. The zero-order valence-corrected chi connectivity index (χ0v) is 18.2. The standard InChI is InChI=1S/C22H26ClN5O/c1-14-6-7-18(11-20(14)23)28-16(3)19(15(2)26-28)12-22(29)25-13-17-8-9-24-21(10-17)27(4)5/h6-11H,12-13H2,1-5H3,(H,25,29). The number of halogens is 1. The minimum atomic E-state index is -0.0408. The van der Waals surface area contributed by atoms with Crippen molar-refractivity contribution in [3.8, 4) is 5.69 Å². The molecule has 0 atom stereocenters. The maximum absolute atomic E-state index is 12.6. The van der Waals surface area contributed by atoms with E-state index in [-0.39, 0.29) is 12.3 Å². The van der Waals surface area contributed by atoms with Crippen molar-refractivity contribution in [1.82, 2.24) is 20.1 Å². The van der Waals surface area contributed by atoms with Gasteiger partial charge in [-0.2, -0.15) is 5.10 Å². The van der Waals surface area contributed by atoms with Gasteiger partial charge >= 0.3 is 0 Å². The van der Waals surface area contributed by atoms with Gasteiger partial charge in [-0.05, 0) is 56.2 Å². The Morgan fingerprint density at radius 3 is 2.62 bits per heavy atom. The first-order valence-electron chi connectivity index (χ1n) is 9.47. The number of amides is 1. The summed E-state index contributed by atoms with van der Waals surface area (Å²) in [6, 6.07) is 9.72. The van der Waals surface area contributed by atoms with Crippen LogP contribution >= 0.6 is 11.6 Å². The predicted molar refractivity (Wildman–Crippen MR) is 117 cm³/mol. The fourth-order valence-corrected chi connectivity index (χ4v) is 3.31. The molecule has 3 aromatic rings. The van der Waals surface area contributed by atoms with Gasteiger partial charge in [-0.25, -0.2) is 9.67 Å². The SMILES string of the molecule is Cc1ccc(-n2nc(C)c(CC(=O)NCc3ccnc(N(C)C)c3)c2C)cc1Cl. The molecule has 0 spiro atoms. The van der Waals surface area contributed by atoms with Gasteiger partial charge in [0.2, 0.25) is 5.91 Å². The van der Waals surface area contributed by atoms with Crippen molar-refractivity contribution in [2.45, 2.75) is 33.7 Å². The van der Waals surface area contributed by atoms with Gasteiger partial charge in [0.15, 0.2) is 0 Å². The van der Waals surface area contributed by atoms with Crippen LogP contribution in [0.1, 0.15) is 28.1 Å². The molecule has 152 valence electrons. The molecule has 1 amide bonds. The van der Waals surface area contributed by atoms with Crippen molar-refractivity contribution in [3.63, 3.8) is 0 Å².